The van der Waals surface area contributed by atoms with E-state index >= 15 is 0 Å². The number of rotatable bonds is 6. The van der Waals surface area contributed by atoms with Crippen molar-refractivity contribution in [2.45, 2.75) is 57.7 Å². The van der Waals surface area contributed by atoms with E-state index in [2.05, 4.69) is 49.7 Å². The third kappa shape index (κ3) is 6.68. The lowest BCUT2D eigenvalue weighted by Gasteiger charge is -2.23. The van der Waals surface area contributed by atoms with Crippen molar-refractivity contribution in [2.75, 3.05) is 31.9 Å². The molecule has 1 rings (SSSR count). The summed E-state index contributed by atoms with van der Waals surface area (Å²) >= 11 is 2.13. The van der Waals surface area contributed by atoms with E-state index in [-0.39, 0.29) is 0 Å². The first-order valence-electron chi connectivity index (χ1n) is 7.13. The molecule has 0 bridgehead atoms. The minimum absolute atomic E-state index is 0.484. The van der Waals surface area contributed by atoms with Gasteiger partial charge in [-0.25, -0.2) is 0 Å². The van der Waals surface area contributed by atoms with Gasteiger partial charge in [-0.15, -0.1) is 0 Å². The average molecular weight is 258 g/mol. The van der Waals surface area contributed by atoms with Crippen LogP contribution in [-0.2, 0) is 0 Å². The van der Waals surface area contributed by atoms with Crippen LogP contribution in [0.1, 0.15) is 47.0 Å². The number of nitrogens with one attached hydrogen (secondary N) is 1. The lowest BCUT2D eigenvalue weighted by molar-refractivity contribution is 0.278. The Morgan fingerprint density at radius 1 is 1.35 bits per heavy atom. The molecule has 0 saturated carbocycles. The summed E-state index contributed by atoms with van der Waals surface area (Å²) in [5, 5.41) is 3.62. The molecule has 0 spiro atoms. The molecule has 0 radical (unpaired) electrons. The Morgan fingerprint density at radius 2 is 2.12 bits per heavy atom. The van der Waals surface area contributed by atoms with Crippen LogP contribution in [0.3, 0.4) is 0 Å². The van der Waals surface area contributed by atoms with Gasteiger partial charge in [0.05, 0.1) is 0 Å². The van der Waals surface area contributed by atoms with Crippen LogP contribution < -0.4 is 5.32 Å². The molecule has 1 atom stereocenters. The molecule has 102 valence electrons. The lowest BCUT2D eigenvalue weighted by atomic mass is 10.1. The van der Waals surface area contributed by atoms with E-state index in [1.807, 2.05) is 0 Å². The van der Waals surface area contributed by atoms with Gasteiger partial charge < -0.3 is 10.2 Å². The van der Waals surface area contributed by atoms with Crippen molar-refractivity contribution in [1.29, 1.82) is 0 Å². The highest BCUT2D eigenvalue weighted by Gasteiger charge is 2.23. The standard InChI is InChI=1S/C14H30N2S/c1-5-6-13(2)15-8-10-16-9-7-14(3,4)17-12-11-16/h13,15H,5-12H2,1-4H3. The summed E-state index contributed by atoms with van der Waals surface area (Å²) in [4.78, 5) is 2.62. The monoisotopic (exact) mass is 258 g/mol. The highest BCUT2D eigenvalue weighted by atomic mass is 32.2. The first-order chi connectivity index (χ1) is 8.03. The van der Waals surface area contributed by atoms with Gasteiger partial charge in [-0.05, 0) is 26.3 Å². The fourth-order valence-electron chi connectivity index (χ4n) is 2.29. The van der Waals surface area contributed by atoms with Gasteiger partial charge in [0.25, 0.3) is 0 Å². The zero-order valence-corrected chi connectivity index (χ0v) is 12.9. The predicted octanol–water partition coefficient (Wildman–Crippen LogP) is 2.98. The van der Waals surface area contributed by atoms with Gasteiger partial charge in [0.2, 0.25) is 0 Å². The third-order valence-electron chi connectivity index (χ3n) is 3.57. The Kier molecular flexibility index (Phi) is 6.90. The summed E-state index contributed by atoms with van der Waals surface area (Å²) in [5.41, 5.74) is 0. The molecule has 0 aromatic heterocycles. The molecule has 1 saturated heterocycles. The Balaban J connectivity index is 2.15. The van der Waals surface area contributed by atoms with Crippen LogP contribution in [0.25, 0.3) is 0 Å². The molecule has 1 unspecified atom stereocenters. The van der Waals surface area contributed by atoms with E-state index in [9.17, 15) is 0 Å². The second-order valence-corrected chi connectivity index (χ2v) is 7.65. The van der Waals surface area contributed by atoms with Gasteiger partial charge in [-0.2, -0.15) is 11.8 Å². The maximum atomic E-state index is 3.62. The van der Waals surface area contributed by atoms with Gasteiger partial charge in [0.15, 0.2) is 0 Å². The number of hydrogen-bond acceptors (Lipinski definition) is 3. The van der Waals surface area contributed by atoms with Crippen LogP contribution in [0.15, 0.2) is 0 Å². The molecule has 1 N–H and O–H groups in total. The van der Waals surface area contributed by atoms with Crippen molar-refractivity contribution < 1.29 is 0 Å². The zero-order valence-electron chi connectivity index (χ0n) is 12.1. The highest BCUT2D eigenvalue weighted by molar-refractivity contribution is 8.00. The Labute approximate surface area is 112 Å². The van der Waals surface area contributed by atoms with Gasteiger partial charge in [0.1, 0.15) is 0 Å². The topological polar surface area (TPSA) is 15.3 Å². The van der Waals surface area contributed by atoms with E-state index in [0.29, 0.717) is 10.8 Å². The number of hydrogen-bond donors (Lipinski definition) is 1. The Bertz CT molecular complexity index is 206. The molecule has 1 heterocycles. The maximum absolute atomic E-state index is 3.62. The fraction of sp³-hybridized carbons (Fsp3) is 1.00. The van der Waals surface area contributed by atoms with E-state index < -0.39 is 0 Å². The first kappa shape index (κ1) is 15.3. The summed E-state index contributed by atoms with van der Waals surface area (Å²) in [6.07, 6.45) is 3.90. The largest absolute Gasteiger partial charge is 0.313 e. The van der Waals surface area contributed by atoms with Crippen molar-refractivity contribution in [1.82, 2.24) is 10.2 Å². The molecular formula is C14H30N2S. The molecule has 0 amide bonds. The molecule has 1 fully saturated rings. The second-order valence-electron chi connectivity index (χ2n) is 5.84. The van der Waals surface area contributed by atoms with Gasteiger partial charge in [0, 0.05) is 36.2 Å². The van der Waals surface area contributed by atoms with Gasteiger partial charge in [-0.3, -0.25) is 0 Å². The summed E-state index contributed by atoms with van der Waals surface area (Å²) in [6, 6.07) is 0.679. The molecule has 3 heteroatoms. The average Bonchev–Trinajstić information content (AvgIpc) is 2.41. The van der Waals surface area contributed by atoms with Crippen molar-refractivity contribution in [2.24, 2.45) is 0 Å². The second kappa shape index (κ2) is 7.65. The molecule has 0 aromatic carbocycles. The SMILES string of the molecule is CCCC(C)NCCN1CCSC(C)(C)CC1. The van der Waals surface area contributed by atoms with Crippen LogP contribution in [0, 0.1) is 0 Å². The number of nitrogens with zero attached hydrogens (tertiary/aromatic N) is 1. The van der Waals surface area contributed by atoms with Gasteiger partial charge in [-0.1, -0.05) is 27.2 Å². The van der Waals surface area contributed by atoms with E-state index in [4.69, 9.17) is 0 Å². The maximum Gasteiger partial charge on any atom is 0.0116 e. The minimum atomic E-state index is 0.484. The predicted molar refractivity (Wildman–Crippen MR) is 80.0 cm³/mol. The van der Waals surface area contributed by atoms with Crippen molar-refractivity contribution in [3.8, 4) is 0 Å². The van der Waals surface area contributed by atoms with Gasteiger partial charge >= 0.3 is 0 Å². The normalized spacial score (nSPS) is 23.3. The zero-order chi connectivity index (χ0) is 12.7. The molecule has 1 aliphatic rings. The Morgan fingerprint density at radius 3 is 2.82 bits per heavy atom. The van der Waals surface area contributed by atoms with E-state index in [1.165, 1.54) is 44.6 Å². The molecular weight excluding hydrogens is 228 g/mol. The van der Waals surface area contributed by atoms with Crippen LogP contribution >= 0.6 is 11.8 Å². The molecule has 17 heavy (non-hydrogen) atoms. The fourth-order valence-corrected chi connectivity index (χ4v) is 3.43. The first-order valence-corrected chi connectivity index (χ1v) is 8.12. The lowest BCUT2D eigenvalue weighted by Crippen LogP contribution is -2.37. The van der Waals surface area contributed by atoms with E-state index in [1.54, 1.807) is 0 Å². The van der Waals surface area contributed by atoms with Crippen molar-refractivity contribution >= 4 is 11.8 Å². The molecule has 0 aliphatic carbocycles. The highest BCUT2D eigenvalue weighted by Crippen LogP contribution is 2.30. The Hall–Kier alpha value is 0.270. The minimum Gasteiger partial charge on any atom is -0.313 e. The van der Waals surface area contributed by atoms with Crippen LogP contribution in [0.2, 0.25) is 0 Å². The van der Waals surface area contributed by atoms with Crippen LogP contribution in [0.5, 0.6) is 0 Å². The summed E-state index contributed by atoms with van der Waals surface area (Å²) in [5.74, 6) is 1.29. The third-order valence-corrected chi connectivity index (χ3v) is 4.95. The van der Waals surface area contributed by atoms with Crippen LogP contribution in [0.4, 0.5) is 0 Å². The molecule has 2 nitrogen and oxygen atoms in total. The quantitative estimate of drug-likeness (QED) is 0.788. The summed E-state index contributed by atoms with van der Waals surface area (Å²) in [7, 11) is 0. The van der Waals surface area contributed by atoms with Crippen molar-refractivity contribution in [3.05, 3.63) is 0 Å². The van der Waals surface area contributed by atoms with Crippen molar-refractivity contribution in [3.63, 3.8) is 0 Å². The molecule has 1 aliphatic heterocycles. The van der Waals surface area contributed by atoms with E-state index in [0.717, 1.165) is 6.54 Å². The smallest absolute Gasteiger partial charge is 0.0116 e. The number of thioether (sulfide) groups is 1. The molecule has 0 aromatic rings. The summed E-state index contributed by atoms with van der Waals surface area (Å²) in [6.45, 7) is 14.2. The van der Waals surface area contributed by atoms with Crippen LogP contribution in [-0.4, -0.2) is 47.6 Å². The summed E-state index contributed by atoms with van der Waals surface area (Å²) < 4.78 is 0.484.